The molecule has 0 aliphatic rings. The second-order valence-electron chi connectivity index (χ2n) is 4.54. The smallest absolute Gasteiger partial charge is 0.260 e. The van der Waals surface area contributed by atoms with Gasteiger partial charge in [-0.15, -0.1) is 0 Å². The lowest BCUT2D eigenvalue weighted by atomic mass is 10.1. The summed E-state index contributed by atoms with van der Waals surface area (Å²) in [5.41, 5.74) is 9.31. The van der Waals surface area contributed by atoms with Crippen LogP contribution < -0.4 is 5.73 Å². The van der Waals surface area contributed by atoms with Gasteiger partial charge in [0, 0.05) is 28.1 Å². The van der Waals surface area contributed by atoms with Gasteiger partial charge in [-0.2, -0.15) is 4.98 Å². The number of pyridine rings is 1. The number of nitrogens with zero attached hydrogens (tertiary/aromatic N) is 3. The van der Waals surface area contributed by atoms with Gasteiger partial charge < -0.3 is 10.3 Å². The standard InChI is InChI=1S/C15H13BrN4O/c1-2-9-8-18-6-5-11(9)14-19-15(21-20-14)12-4-3-10(16)7-13(12)17/h3-8H,2,17H2,1H3. The molecule has 3 rings (SSSR count). The van der Waals surface area contributed by atoms with Crippen LogP contribution in [0.5, 0.6) is 0 Å². The van der Waals surface area contributed by atoms with Gasteiger partial charge in [0.15, 0.2) is 0 Å². The van der Waals surface area contributed by atoms with Gasteiger partial charge >= 0.3 is 0 Å². The molecule has 6 heteroatoms. The molecular weight excluding hydrogens is 332 g/mol. The predicted octanol–water partition coefficient (Wildman–Crippen LogP) is 3.71. The Morgan fingerprint density at radius 1 is 1.24 bits per heavy atom. The molecule has 106 valence electrons. The molecule has 21 heavy (non-hydrogen) atoms. The van der Waals surface area contributed by atoms with E-state index in [9.17, 15) is 0 Å². The maximum Gasteiger partial charge on any atom is 0.260 e. The van der Waals surface area contributed by atoms with Crippen molar-refractivity contribution in [1.29, 1.82) is 0 Å². The number of nitrogens with two attached hydrogens (primary N) is 1. The third kappa shape index (κ3) is 2.67. The Hall–Kier alpha value is -2.21. The predicted molar refractivity (Wildman–Crippen MR) is 84.5 cm³/mol. The van der Waals surface area contributed by atoms with Gasteiger partial charge in [0.2, 0.25) is 5.82 Å². The van der Waals surface area contributed by atoms with Crippen LogP contribution in [0.3, 0.4) is 0 Å². The lowest BCUT2D eigenvalue weighted by Gasteiger charge is -2.01. The van der Waals surface area contributed by atoms with Crippen molar-refractivity contribution in [3.63, 3.8) is 0 Å². The molecule has 0 saturated carbocycles. The van der Waals surface area contributed by atoms with Crippen molar-refractivity contribution in [3.05, 3.63) is 46.7 Å². The third-order valence-electron chi connectivity index (χ3n) is 3.20. The van der Waals surface area contributed by atoms with Crippen LogP contribution in [0, 0.1) is 0 Å². The number of hydrogen-bond acceptors (Lipinski definition) is 5. The number of nitrogen functional groups attached to an aromatic ring is 1. The molecule has 0 unspecified atom stereocenters. The zero-order chi connectivity index (χ0) is 14.8. The molecule has 0 spiro atoms. The van der Waals surface area contributed by atoms with Crippen LogP contribution in [0.1, 0.15) is 12.5 Å². The van der Waals surface area contributed by atoms with Crippen molar-refractivity contribution in [2.45, 2.75) is 13.3 Å². The Kier molecular flexibility index (Phi) is 3.70. The zero-order valence-corrected chi connectivity index (χ0v) is 13.0. The number of rotatable bonds is 3. The summed E-state index contributed by atoms with van der Waals surface area (Å²) in [5.74, 6) is 0.959. The molecule has 0 aliphatic carbocycles. The van der Waals surface area contributed by atoms with Crippen molar-refractivity contribution in [2.24, 2.45) is 0 Å². The number of benzene rings is 1. The first-order valence-electron chi connectivity index (χ1n) is 6.51. The molecule has 5 nitrogen and oxygen atoms in total. The number of anilines is 1. The monoisotopic (exact) mass is 344 g/mol. The summed E-state index contributed by atoms with van der Waals surface area (Å²) in [5, 5.41) is 4.05. The highest BCUT2D eigenvalue weighted by molar-refractivity contribution is 9.10. The van der Waals surface area contributed by atoms with Crippen molar-refractivity contribution in [3.8, 4) is 22.8 Å². The van der Waals surface area contributed by atoms with Crippen molar-refractivity contribution < 1.29 is 4.52 Å². The summed E-state index contributed by atoms with van der Waals surface area (Å²) in [4.78, 5) is 8.57. The Balaban J connectivity index is 2.04. The van der Waals surface area contributed by atoms with Gasteiger partial charge in [0.25, 0.3) is 5.89 Å². The molecular formula is C15H13BrN4O. The van der Waals surface area contributed by atoms with E-state index < -0.39 is 0 Å². The fraction of sp³-hybridized carbons (Fsp3) is 0.133. The van der Waals surface area contributed by atoms with Gasteiger partial charge in [-0.25, -0.2) is 0 Å². The summed E-state index contributed by atoms with van der Waals surface area (Å²) < 4.78 is 6.26. The van der Waals surface area contributed by atoms with Crippen LogP contribution in [0.2, 0.25) is 0 Å². The molecule has 2 N–H and O–H groups in total. The Bertz CT molecular complexity index is 785. The quantitative estimate of drug-likeness (QED) is 0.732. The second-order valence-corrected chi connectivity index (χ2v) is 5.46. The summed E-state index contributed by atoms with van der Waals surface area (Å²) in [6.45, 7) is 2.06. The van der Waals surface area contributed by atoms with Gasteiger partial charge in [0.1, 0.15) is 0 Å². The highest BCUT2D eigenvalue weighted by atomic mass is 79.9. The minimum absolute atomic E-state index is 0.411. The number of aromatic nitrogens is 3. The van der Waals surface area contributed by atoms with Gasteiger partial charge in [0.05, 0.1) is 5.56 Å². The van der Waals surface area contributed by atoms with Crippen LogP contribution in [0.4, 0.5) is 5.69 Å². The largest absolute Gasteiger partial charge is 0.398 e. The molecule has 0 saturated heterocycles. The second kappa shape index (κ2) is 5.65. The Labute approximate surface area is 130 Å². The van der Waals surface area contributed by atoms with Crippen molar-refractivity contribution in [2.75, 3.05) is 5.73 Å². The van der Waals surface area contributed by atoms with Gasteiger partial charge in [-0.05, 0) is 36.2 Å². The highest BCUT2D eigenvalue weighted by Gasteiger charge is 2.15. The Morgan fingerprint density at radius 3 is 2.86 bits per heavy atom. The molecule has 0 bridgehead atoms. The van der Waals surface area contributed by atoms with E-state index in [1.165, 1.54) is 0 Å². The maximum absolute atomic E-state index is 5.99. The van der Waals surface area contributed by atoms with E-state index in [2.05, 4.69) is 38.0 Å². The first kappa shape index (κ1) is 13.8. The molecule has 1 aromatic carbocycles. The molecule has 2 aromatic heterocycles. The Morgan fingerprint density at radius 2 is 2.10 bits per heavy atom. The lowest BCUT2D eigenvalue weighted by molar-refractivity contribution is 0.432. The van der Waals surface area contributed by atoms with Gasteiger partial charge in [-0.3, -0.25) is 4.98 Å². The van der Waals surface area contributed by atoms with E-state index in [4.69, 9.17) is 10.3 Å². The van der Waals surface area contributed by atoms with Crippen LogP contribution in [-0.4, -0.2) is 15.1 Å². The van der Waals surface area contributed by atoms with Crippen molar-refractivity contribution in [1.82, 2.24) is 15.1 Å². The SMILES string of the molecule is CCc1cnccc1-c1noc(-c2ccc(Br)cc2N)n1. The third-order valence-corrected chi connectivity index (χ3v) is 3.69. The summed E-state index contributed by atoms with van der Waals surface area (Å²) in [7, 11) is 0. The van der Waals surface area contributed by atoms with Crippen LogP contribution in [0.15, 0.2) is 45.7 Å². The van der Waals surface area contributed by atoms with Crippen LogP contribution in [0.25, 0.3) is 22.8 Å². The summed E-state index contributed by atoms with van der Waals surface area (Å²) in [6.07, 6.45) is 4.39. The van der Waals surface area contributed by atoms with E-state index in [1.807, 2.05) is 30.5 Å². The van der Waals surface area contributed by atoms with Crippen molar-refractivity contribution >= 4 is 21.6 Å². The topological polar surface area (TPSA) is 77.8 Å². The molecule has 3 aromatic rings. The normalized spacial score (nSPS) is 10.8. The fourth-order valence-electron chi connectivity index (χ4n) is 2.10. The average molecular weight is 345 g/mol. The molecule has 0 radical (unpaired) electrons. The zero-order valence-electron chi connectivity index (χ0n) is 11.4. The first-order chi connectivity index (χ1) is 10.2. The fourth-order valence-corrected chi connectivity index (χ4v) is 2.48. The minimum atomic E-state index is 0.411. The first-order valence-corrected chi connectivity index (χ1v) is 7.30. The average Bonchev–Trinajstić information content (AvgIpc) is 2.96. The lowest BCUT2D eigenvalue weighted by Crippen LogP contribution is -1.92. The van der Waals surface area contributed by atoms with E-state index in [-0.39, 0.29) is 0 Å². The number of aryl methyl sites for hydroxylation is 1. The molecule has 2 heterocycles. The molecule has 0 fully saturated rings. The molecule has 0 atom stereocenters. The van der Waals surface area contributed by atoms with Crippen LogP contribution >= 0.6 is 15.9 Å². The minimum Gasteiger partial charge on any atom is -0.398 e. The molecule has 0 aliphatic heterocycles. The highest BCUT2D eigenvalue weighted by Crippen LogP contribution is 2.29. The van der Waals surface area contributed by atoms with Crippen LogP contribution in [-0.2, 0) is 6.42 Å². The number of halogens is 1. The van der Waals surface area contributed by atoms with E-state index in [0.717, 1.165) is 27.6 Å². The van der Waals surface area contributed by atoms with E-state index in [0.29, 0.717) is 17.4 Å². The summed E-state index contributed by atoms with van der Waals surface area (Å²) >= 11 is 3.38. The molecule has 0 amide bonds. The van der Waals surface area contributed by atoms with E-state index >= 15 is 0 Å². The number of hydrogen-bond donors (Lipinski definition) is 1. The van der Waals surface area contributed by atoms with E-state index in [1.54, 1.807) is 6.20 Å². The maximum atomic E-state index is 5.99. The van der Waals surface area contributed by atoms with Gasteiger partial charge in [-0.1, -0.05) is 28.0 Å². The summed E-state index contributed by atoms with van der Waals surface area (Å²) in [6, 6.07) is 7.44.